The standard InChI is InChI=1S/C22H23N5O2/c1-13(2)19(12-24-29)25-22(28)17-10-18-20(26-27-21(18)23-11-17)16-8-7-14-5-3-4-6-15(14)9-16/h3-11,13,18-19,21,27H,12H2,1-2H3,(H,25,28). The first-order chi connectivity index (χ1) is 14.1. The molecule has 0 saturated heterocycles. The molecule has 2 aromatic rings. The predicted octanol–water partition coefficient (Wildman–Crippen LogP) is 3.01. The molecule has 2 N–H and O–H groups in total. The largest absolute Gasteiger partial charge is 0.347 e. The summed E-state index contributed by atoms with van der Waals surface area (Å²) in [5.41, 5.74) is 5.38. The van der Waals surface area contributed by atoms with Crippen LogP contribution < -0.4 is 10.7 Å². The van der Waals surface area contributed by atoms with Crippen molar-refractivity contribution in [2.24, 2.45) is 27.1 Å². The van der Waals surface area contributed by atoms with E-state index in [1.165, 1.54) is 5.39 Å². The first-order valence-electron chi connectivity index (χ1n) is 9.74. The predicted molar refractivity (Wildman–Crippen MR) is 115 cm³/mol. The van der Waals surface area contributed by atoms with Crippen molar-refractivity contribution in [3.05, 3.63) is 64.6 Å². The monoisotopic (exact) mass is 389 g/mol. The van der Waals surface area contributed by atoms with Crippen LogP contribution in [0.2, 0.25) is 0 Å². The van der Waals surface area contributed by atoms with E-state index in [2.05, 4.69) is 50.3 Å². The maximum Gasteiger partial charge on any atom is 0.252 e. The number of amides is 1. The third kappa shape index (κ3) is 3.81. The van der Waals surface area contributed by atoms with Crippen molar-refractivity contribution in [3.63, 3.8) is 0 Å². The SMILES string of the molecule is CC(C)C(CN=O)NC(=O)C1=CC2C(c3ccc4ccccc4c3)=NNC2N=C1. The number of nitroso groups, excluding NO2 is 1. The van der Waals surface area contributed by atoms with Crippen LogP contribution in [0.25, 0.3) is 10.8 Å². The molecule has 0 aliphatic carbocycles. The Morgan fingerprint density at radius 3 is 2.76 bits per heavy atom. The van der Waals surface area contributed by atoms with Gasteiger partial charge in [-0.15, -0.1) is 0 Å². The Bertz CT molecular complexity index is 1040. The molecule has 2 aliphatic heterocycles. The van der Waals surface area contributed by atoms with E-state index in [9.17, 15) is 9.70 Å². The van der Waals surface area contributed by atoms with Gasteiger partial charge >= 0.3 is 0 Å². The van der Waals surface area contributed by atoms with Crippen LogP contribution in [-0.4, -0.2) is 36.6 Å². The molecule has 0 spiro atoms. The van der Waals surface area contributed by atoms with Gasteiger partial charge in [-0.2, -0.15) is 10.0 Å². The molecule has 0 radical (unpaired) electrons. The van der Waals surface area contributed by atoms with Gasteiger partial charge in [0, 0.05) is 6.21 Å². The van der Waals surface area contributed by atoms with Gasteiger partial charge in [0.2, 0.25) is 0 Å². The van der Waals surface area contributed by atoms with Gasteiger partial charge in [0.1, 0.15) is 12.7 Å². The first-order valence-corrected chi connectivity index (χ1v) is 9.74. The number of carbonyl (C=O) groups excluding carboxylic acids is 1. The molecule has 0 bridgehead atoms. The molecule has 2 aliphatic rings. The number of nitrogens with one attached hydrogen (secondary N) is 2. The summed E-state index contributed by atoms with van der Waals surface area (Å²) in [5, 5.41) is 12.6. The number of carbonyl (C=O) groups is 1. The Morgan fingerprint density at radius 1 is 1.21 bits per heavy atom. The van der Waals surface area contributed by atoms with Crippen LogP contribution in [-0.2, 0) is 4.79 Å². The number of aliphatic imine (C=N–C) groups is 1. The Labute approximate surface area is 169 Å². The Balaban J connectivity index is 1.57. The van der Waals surface area contributed by atoms with Gasteiger partial charge in [-0.25, -0.2) is 0 Å². The smallest absolute Gasteiger partial charge is 0.252 e. The average molecular weight is 389 g/mol. The highest BCUT2D eigenvalue weighted by molar-refractivity contribution is 6.15. The van der Waals surface area contributed by atoms with Crippen molar-refractivity contribution >= 4 is 28.6 Å². The van der Waals surface area contributed by atoms with E-state index in [1.807, 2.05) is 38.1 Å². The maximum atomic E-state index is 12.7. The molecule has 7 heteroatoms. The van der Waals surface area contributed by atoms with Gasteiger partial charge in [-0.3, -0.25) is 15.2 Å². The fourth-order valence-corrected chi connectivity index (χ4v) is 3.63. The lowest BCUT2D eigenvalue weighted by atomic mass is 9.90. The molecule has 0 fully saturated rings. The molecule has 29 heavy (non-hydrogen) atoms. The van der Waals surface area contributed by atoms with Gasteiger partial charge in [0.05, 0.1) is 23.2 Å². The maximum absolute atomic E-state index is 12.7. The zero-order chi connectivity index (χ0) is 20.4. The van der Waals surface area contributed by atoms with Crippen LogP contribution in [0.15, 0.2) is 69.4 Å². The normalized spacial score (nSPS) is 21.2. The molecule has 2 heterocycles. The Hall–Kier alpha value is -3.35. The second kappa shape index (κ2) is 7.95. The number of hydrazone groups is 1. The highest BCUT2D eigenvalue weighted by Gasteiger charge is 2.34. The van der Waals surface area contributed by atoms with Crippen molar-refractivity contribution in [2.75, 3.05) is 6.54 Å². The van der Waals surface area contributed by atoms with Crippen molar-refractivity contribution in [1.29, 1.82) is 0 Å². The first kappa shape index (κ1) is 19.0. The van der Waals surface area contributed by atoms with E-state index in [0.29, 0.717) is 5.57 Å². The fraction of sp³-hybridized carbons (Fsp3) is 0.318. The van der Waals surface area contributed by atoms with Crippen LogP contribution in [0.1, 0.15) is 19.4 Å². The molecular formula is C22H23N5O2. The van der Waals surface area contributed by atoms with Gasteiger partial charge in [-0.1, -0.05) is 61.5 Å². The molecule has 1 amide bonds. The highest BCUT2D eigenvalue weighted by Crippen LogP contribution is 2.27. The number of fused-ring (bicyclic) bond motifs is 2. The zero-order valence-corrected chi connectivity index (χ0v) is 16.4. The van der Waals surface area contributed by atoms with Gasteiger partial charge < -0.3 is 5.32 Å². The lowest BCUT2D eigenvalue weighted by Gasteiger charge is -2.22. The molecule has 148 valence electrons. The number of hydrogen-bond donors (Lipinski definition) is 2. The van der Waals surface area contributed by atoms with Crippen molar-refractivity contribution in [1.82, 2.24) is 10.7 Å². The number of hydrogen-bond acceptors (Lipinski definition) is 6. The van der Waals surface area contributed by atoms with Crippen LogP contribution in [0.3, 0.4) is 0 Å². The van der Waals surface area contributed by atoms with E-state index in [4.69, 9.17) is 0 Å². The summed E-state index contributed by atoms with van der Waals surface area (Å²) in [5.74, 6) is -0.281. The molecule has 3 unspecified atom stereocenters. The van der Waals surface area contributed by atoms with Crippen molar-refractivity contribution in [3.8, 4) is 0 Å². The number of benzene rings is 2. The second-order valence-corrected chi connectivity index (χ2v) is 7.69. The fourth-order valence-electron chi connectivity index (χ4n) is 3.63. The van der Waals surface area contributed by atoms with Gasteiger partial charge in [0.15, 0.2) is 0 Å². The Kier molecular flexibility index (Phi) is 5.20. The second-order valence-electron chi connectivity index (χ2n) is 7.69. The topological polar surface area (TPSA) is 95.3 Å². The molecule has 4 rings (SSSR count). The molecule has 0 aromatic heterocycles. The third-order valence-corrected chi connectivity index (χ3v) is 5.41. The van der Waals surface area contributed by atoms with E-state index in [0.717, 1.165) is 16.7 Å². The van der Waals surface area contributed by atoms with Crippen LogP contribution in [0.5, 0.6) is 0 Å². The molecule has 2 aromatic carbocycles. The van der Waals surface area contributed by atoms with E-state index < -0.39 is 0 Å². The lowest BCUT2D eigenvalue weighted by molar-refractivity contribution is -0.117. The van der Waals surface area contributed by atoms with Gasteiger partial charge in [0.25, 0.3) is 5.91 Å². The van der Waals surface area contributed by atoms with Crippen LogP contribution in [0.4, 0.5) is 0 Å². The third-order valence-electron chi connectivity index (χ3n) is 5.41. The highest BCUT2D eigenvalue weighted by atomic mass is 16.3. The minimum Gasteiger partial charge on any atom is -0.347 e. The Morgan fingerprint density at radius 2 is 2.00 bits per heavy atom. The summed E-state index contributed by atoms with van der Waals surface area (Å²) in [4.78, 5) is 27.8. The molecule has 7 nitrogen and oxygen atoms in total. The van der Waals surface area contributed by atoms with Crippen molar-refractivity contribution < 1.29 is 4.79 Å². The van der Waals surface area contributed by atoms with Crippen molar-refractivity contribution in [2.45, 2.75) is 26.1 Å². The molecule has 3 atom stereocenters. The minimum absolute atomic E-state index is 0.0469. The quantitative estimate of drug-likeness (QED) is 0.744. The number of rotatable bonds is 6. The summed E-state index contributed by atoms with van der Waals surface area (Å²) in [6, 6.07) is 14.1. The summed E-state index contributed by atoms with van der Waals surface area (Å²) in [7, 11) is 0. The summed E-state index contributed by atoms with van der Waals surface area (Å²) < 4.78 is 0. The summed E-state index contributed by atoms with van der Waals surface area (Å²) in [6.07, 6.45) is 3.24. The summed E-state index contributed by atoms with van der Waals surface area (Å²) >= 11 is 0. The van der Waals surface area contributed by atoms with E-state index >= 15 is 0 Å². The molecule has 0 saturated carbocycles. The van der Waals surface area contributed by atoms with E-state index in [-0.39, 0.29) is 36.5 Å². The van der Waals surface area contributed by atoms with Gasteiger partial charge in [-0.05, 0) is 28.3 Å². The summed E-state index contributed by atoms with van der Waals surface area (Å²) in [6.45, 7) is 3.94. The van der Waals surface area contributed by atoms with Crippen LogP contribution in [0, 0.1) is 16.7 Å². The van der Waals surface area contributed by atoms with E-state index in [1.54, 1.807) is 6.21 Å². The number of nitrogens with zero attached hydrogens (tertiary/aromatic N) is 3. The lowest BCUT2D eigenvalue weighted by Crippen LogP contribution is -2.42. The number of dihydropyridines is 1. The minimum atomic E-state index is -0.303. The zero-order valence-electron chi connectivity index (χ0n) is 16.4. The van der Waals surface area contributed by atoms with Crippen LogP contribution >= 0.6 is 0 Å². The molecular weight excluding hydrogens is 366 g/mol. The average Bonchev–Trinajstić information content (AvgIpc) is 3.16.